The summed E-state index contributed by atoms with van der Waals surface area (Å²) in [5.74, 6) is -0.436. The van der Waals surface area contributed by atoms with E-state index in [-0.39, 0.29) is 0 Å². The Kier molecular flexibility index (Phi) is 4.81. The van der Waals surface area contributed by atoms with Crippen LogP contribution >= 0.6 is 0 Å². The molecule has 0 aromatic carbocycles. The van der Waals surface area contributed by atoms with Gasteiger partial charge in [0, 0.05) is 6.20 Å². The molecule has 1 heterocycles. The van der Waals surface area contributed by atoms with Crippen molar-refractivity contribution in [2.45, 2.75) is 32.6 Å². The predicted octanol–water partition coefficient (Wildman–Crippen LogP) is 2.67. The second-order valence-electron chi connectivity index (χ2n) is 3.46. The number of hydrogen-bond donors (Lipinski definition) is 1. The van der Waals surface area contributed by atoms with Crippen molar-refractivity contribution in [2.75, 3.05) is 0 Å². The Balaban J connectivity index is 2.62. The molecule has 1 aromatic rings. The lowest BCUT2D eigenvalue weighted by Crippen LogP contribution is -2.13. The molecule has 0 aliphatic rings. The van der Waals surface area contributed by atoms with Crippen molar-refractivity contribution < 1.29 is 9.90 Å². The minimum absolute atomic E-state index is 0.420. The molecule has 0 atom stereocenters. The van der Waals surface area contributed by atoms with E-state index in [2.05, 4.69) is 11.9 Å². The molecule has 81 valence electrons. The van der Waals surface area contributed by atoms with Crippen molar-refractivity contribution in [1.29, 1.82) is 0 Å². The lowest BCUT2D eigenvalue weighted by Gasteiger charge is -2.09. The smallest absolute Gasteiger partial charge is 0.317 e. The van der Waals surface area contributed by atoms with E-state index in [1.54, 1.807) is 18.3 Å². The second kappa shape index (κ2) is 6.17. The van der Waals surface area contributed by atoms with E-state index in [1.807, 2.05) is 6.07 Å². The molecule has 0 spiro atoms. The van der Waals surface area contributed by atoms with Crippen LogP contribution in [0.3, 0.4) is 0 Å². The van der Waals surface area contributed by atoms with Gasteiger partial charge in [0.2, 0.25) is 0 Å². The van der Waals surface area contributed by atoms with Crippen LogP contribution in [0.5, 0.6) is 0 Å². The number of aromatic nitrogens is 1. The van der Waals surface area contributed by atoms with E-state index >= 15 is 0 Å². The molecule has 0 saturated carbocycles. The number of unbranched alkanes of at least 4 members (excludes halogenated alkanes) is 2. The van der Waals surface area contributed by atoms with E-state index < -0.39 is 5.97 Å². The van der Waals surface area contributed by atoms with Gasteiger partial charge in [0.15, 0.2) is 0 Å². The van der Waals surface area contributed by atoms with Crippen LogP contribution in [0.15, 0.2) is 24.4 Å². The summed E-state index contributed by atoms with van der Waals surface area (Å²) >= 11 is 0. The Morgan fingerprint density at radius 1 is 1.40 bits per heavy atom. The van der Waals surface area contributed by atoms with Crippen LogP contribution in [0.25, 0.3) is 0 Å². The van der Waals surface area contributed by atoms with Gasteiger partial charge in [-0.3, -0.25) is 9.78 Å². The van der Waals surface area contributed by atoms with Crippen LogP contribution in [-0.4, -0.2) is 16.1 Å². The van der Waals surface area contributed by atoms with Crippen molar-refractivity contribution in [3.63, 3.8) is 0 Å². The van der Waals surface area contributed by atoms with E-state index in [9.17, 15) is 4.79 Å². The van der Waals surface area contributed by atoms with Crippen LogP contribution in [0.4, 0.5) is 0 Å². The Labute approximate surface area is 90.2 Å². The van der Waals surface area contributed by atoms with Gasteiger partial charge < -0.3 is 5.11 Å². The van der Waals surface area contributed by atoms with Gasteiger partial charge in [-0.1, -0.05) is 32.3 Å². The topological polar surface area (TPSA) is 50.2 Å². The number of carbonyl (C=O) groups is 1. The highest BCUT2D eigenvalue weighted by Crippen LogP contribution is 2.19. The van der Waals surface area contributed by atoms with Crippen LogP contribution < -0.4 is 0 Å². The number of carboxylic acid groups (broad SMARTS) is 1. The highest BCUT2D eigenvalue weighted by molar-refractivity contribution is 5.87. The van der Waals surface area contributed by atoms with Gasteiger partial charge in [-0.2, -0.15) is 0 Å². The number of hydrogen-bond acceptors (Lipinski definition) is 2. The summed E-state index contributed by atoms with van der Waals surface area (Å²) in [6.07, 6.45) is 5.28. The first kappa shape index (κ1) is 11.7. The quantitative estimate of drug-likeness (QED) is 0.728. The lowest BCUT2D eigenvalue weighted by molar-refractivity contribution is -0.134. The van der Waals surface area contributed by atoms with Crippen molar-refractivity contribution in [1.82, 2.24) is 4.98 Å². The van der Waals surface area contributed by atoms with Crippen molar-refractivity contribution in [3.8, 4) is 0 Å². The zero-order valence-electron chi connectivity index (χ0n) is 8.94. The Morgan fingerprint density at radius 2 is 2.20 bits per heavy atom. The van der Waals surface area contributed by atoms with Gasteiger partial charge in [-0.25, -0.2) is 0 Å². The molecular formula is C12H16NO2. The van der Waals surface area contributed by atoms with E-state index in [0.29, 0.717) is 18.0 Å². The molecule has 15 heavy (non-hydrogen) atoms. The zero-order chi connectivity index (χ0) is 11.1. The molecule has 1 N–H and O–H groups in total. The summed E-state index contributed by atoms with van der Waals surface area (Å²) in [5, 5.41) is 9.05. The molecule has 0 aliphatic carbocycles. The molecule has 0 amide bonds. The highest BCUT2D eigenvalue weighted by Gasteiger charge is 2.21. The molecule has 3 heteroatoms. The average Bonchev–Trinajstić information content (AvgIpc) is 2.25. The monoisotopic (exact) mass is 206 g/mol. The highest BCUT2D eigenvalue weighted by atomic mass is 16.4. The summed E-state index contributed by atoms with van der Waals surface area (Å²) in [6, 6.07) is 5.34. The van der Waals surface area contributed by atoms with Crippen LogP contribution in [0.2, 0.25) is 0 Å². The minimum Gasteiger partial charge on any atom is -0.480 e. The maximum Gasteiger partial charge on any atom is 0.317 e. The van der Waals surface area contributed by atoms with E-state index in [4.69, 9.17) is 5.11 Å². The zero-order valence-corrected chi connectivity index (χ0v) is 8.94. The fraction of sp³-hybridized carbons (Fsp3) is 0.417. The summed E-state index contributed by atoms with van der Waals surface area (Å²) in [7, 11) is 0. The normalized spacial score (nSPS) is 10.5. The van der Waals surface area contributed by atoms with Gasteiger partial charge >= 0.3 is 5.97 Å². The van der Waals surface area contributed by atoms with E-state index in [1.165, 1.54) is 0 Å². The fourth-order valence-electron chi connectivity index (χ4n) is 1.44. The minimum atomic E-state index is -0.857. The Bertz CT molecular complexity index is 298. The summed E-state index contributed by atoms with van der Waals surface area (Å²) in [5.41, 5.74) is 0.584. The maximum absolute atomic E-state index is 11.0. The van der Waals surface area contributed by atoms with Crippen molar-refractivity contribution in [3.05, 3.63) is 36.0 Å². The molecule has 0 fully saturated rings. The molecule has 0 bridgehead atoms. The van der Waals surface area contributed by atoms with Crippen molar-refractivity contribution >= 4 is 5.97 Å². The summed E-state index contributed by atoms with van der Waals surface area (Å²) < 4.78 is 0. The third-order valence-electron chi connectivity index (χ3n) is 2.26. The molecule has 1 radical (unpaired) electrons. The predicted molar refractivity (Wildman–Crippen MR) is 58.4 cm³/mol. The second-order valence-corrected chi connectivity index (χ2v) is 3.46. The van der Waals surface area contributed by atoms with Gasteiger partial charge in [-0.15, -0.1) is 0 Å². The number of rotatable bonds is 6. The van der Waals surface area contributed by atoms with Crippen LogP contribution in [-0.2, 0) is 4.79 Å². The molecule has 3 nitrogen and oxygen atoms in total. The fourth-order valence-corrected chi connectivity index (χ4v) is 1.44. The summed E-state index contributed by atoms with van der Waals surface area (Å²) in [4.78, 5) is 15.1. The van der Waals surface area contributed by atoms with Crippen molar-refractivity contribution in [2.24, 2.45) is 0 Å². The lowest BCUT2D eigenvalue weighted by atomic mass is 9.97. The Morgan fingerprint density at radius 3 is 2.73 bits per heavy atom. The molecule has 1 rings (SSSR count). The first-order valence-corrected chi connectivity index (χ1v) is 5.26. The Hall–Kier alpha value is -1.38. The largest absolute Gasteiger partial charge is 0.480 e. The number of aliphatic carboxylic acids is 1. The van der Waals surface area contributed by atoms with Gasteiger partial charge in [0.25, 0.3) is 0 Å². The first-order chi connectivity index (χ1) is 7.25. The van der Waals surface area contributed by atoms with Gasteiger partial charge in [0.1, 0.15) is 5.92 Å². The molecule has 1 aromatic heterocycles. The number of pyridine rings is 1. The third kappa shape index (κ3) is 3.70. The third-order valence-corrected chi connectivity index (χ3v) is 2.26. The maximum atomic E-state index is 11.0. The van der Waals surface area contributed by atoms with Crippen LogP contribution in [0.1, 0.15) is 38.3 Å². The van der Waals surface area contributed by atoms with Gasteiger partial charge in [0.05, 0.1) is 5.69 Å². The standard InChI is InChI=1S/C12H16NO2/c1-2-3-4-7-10(12(14)15)11-8-5-6-9-13-11/h5-6,8-9H,2-4,7H2,1H3,(H,14,15). The molecule has 0 unspecified atom stereocenters. The van der Waals surface area contributed by atoms with Gasteiger partial charge in [-0.05, 0) is 18.6 Å². The average molecular weight is 206 g/mol. The number of nitrogens with zero attached hydrogens (tertiary/aromatic N) is 1. The first-order valence-electron chi connectivity index (χ1n) is 5.26. The summed E-state index contributed by atoms with van der Waals surface area (Å²) in [6.45, 7) is 2.10. The SMILES string of the molecule is CCCCC[C](C(=O)O)c1ccccn1. The number of carboxylic acids is 1. The molecule has 0 saturated heterocycles. The van der Waals surface area contributed by atoms with E-state index in [0.717, 1.165) is 19.3 Å². The molecule has 0 aliphatic heterocycles. The molecular weight excluding hydrogens is 190 g/mol. The van der Waals surface area contributed by atoms with Crippen LogP contribution in [0, 0.1) is 5.92 Å².